The number of nitrogens with zero attached hydrogens (tertiary/aromatic N) is 4. The van der Waals surface area contributed by atoms with Gasteiger partial charge in [0.2, 0.25) is 11.5 Å². The van der Waals surface area contributed by atoms with Crippen LogP contribution in [0.15, 0.2) is 18.6 Å². The molecule has 2 N–H and O–H groups in total. The van der Waals surface area contributed by atoms with Crippen LogP contribution < -0.4 is 10.9 Å². The summed E-state index contributed by atoms with van der Waals surface area (Å²) in [5, 5.41) is 14.9. The maximum absolute atomic E-state index is 14.1. The number of rotatable bonds is 8. The van der Waals surface area contributed by atoms with Crippen LogP contribution in [0.2, 0.25) is 0 Å². The van der Waals surface area contributed by atoms with Crippen molar-refractivity contribution in [2.45, 2.75) is 101 Å². The molecule has 6 unspecified atom stereocenters. The van der Waals surface area contributed by atoms with E-state index in [1.807, 2.05) is 0 Å². The number of aromatic nitrogens is 4. The summed E-state index contributed by atoms with van der Waals surface area (Å²) >= 11 is 6.27. The van der Waals surface area contributed by atoms with Crippen LogP contribution in [0.5, 0.6) is 0 Å². The van der Waals surface area contributed by atoms with Crippen LogP contribution in [0.4, 0.5) is 17.6 Å². The van der Waals surface area contributed by atoms with E-state index in [0.717, 1.165) is 12.8 Å². The monoisotopic (exact) mass is 586 g/mol. The minimum atomic E-state index is -4.59. The molecule has 5 rings (SSSR count). The van der Waals surface area contributed by atoms with Crippen molar-refractivity contribution < 1.29 is 22.4 Å². The van der Waals surface area contributed by atoms with Gasteiger partial charge in [0.05, 0.1) is 5.38 Å². The lowest BCUT2D eigenvalue weighted by molar-refractivity contribution is -0.142. The van der Waals surface area contributed by atoms with E-state index in [0.29, 0.717) is 63.2 Å². The van der Waals surface area contributed by atoms with Crippen LogP contribution in [0, 0.1) is 29.1 Å². The Bertz CT molecular complexity index is 1250. The second-order valence-electron chi connectivity index (χ2n) is 12.1. The molecule has 7 nitrogen and oxygen atoms in total. The molecule has 3 aliphatic rings. The van der Waals surface area contributed by atoms with Gasteiger partial charge in [-0.25, -0.2) is 4.39 Å². The topological polar surface area (TPSA) is 80.6 Å². The van der Waals surface area contributed by atoms with Crippen molar-refractivity contribution in [3.63, 3.8) is 0 Å². The van der Waals surface area contributed by atoms with Gasteiger partial charge >= 0.3 is 6.18 Å². The predicted molar refractivity (Wildman–Crippen MR) is 142 cm³/mol. The van der Waals surface area contributed by atoms with Crippen LogP contribution in [0.1, 0.15) is 75.5 Å². The number of hydrogen-bond donors (Lipinski definition) is 2. The lowest BCUT2D eigenvalue weighted by Gasteiger charge is -2.38. The highest BCUT2D eigenvalue weighted by Crippen LogP contribution is 2.46. The van der Waals surface area contributed by atoms with Crippen molar-refractivity contribution in [2.75, 3.05) is 0 Å². The van der Waals surface area contributed by atoms with Crippen LogP contribution in [-0.4, -0.2) is 42.4 Å². The number of nitrogens with one attached hydrogen (secondary N) is 2. The molecule has 7 atom stereocenters. The highest BCUT2D eigenvalue weighted by atomic mass is 35.5. The predicted octanol–water partition coefficient (Wildman–Crippen LogP) is 5.38. The minimum absolute atomic E-state index is 0.0861. The third kappa shape index (κ3) is 6.29. The van der Waals surface area contributed by atoms with E-state index in [1.54, 1.807) is 35.5 Å². The van der Waals surface area contributed by atoms with E-state index >= 15 is 0 Å². The fraction of sp³-hybridized carbons (Fsp3) is 0.750. The number of imidazole rings is 1. The van der Waals surface area contributed by atoms with Gasteiger partial charge in [-0.3, -0.25) is 14.9 Å². The van der Waals surface area contributed by atoms with E-state index < -0.39 is 35.3 Å². The molecular formula is C28H39ClF4N6O. The minimum Gasteiger partial charge on any atom is -0.353 e. The Morgan fingerprint density at radius 1 is 1.15 bits per heavy atom. The second-order valence-corrected chi connectivity index (χ2v) is 12.7. The number of aryl methyl sites for hydroxylation is 2. The van der Waals surface area contributed by atoms with E-state index in [9.17, 15) is 22.4 Å². The molecule has 1 amide bonds. The van der Waals surface area contributed by atoms with Crippen molar-refractivity contribution in [3.05, 3.63) is 35.5 Å². The molecule has 0 aliphatic heterocycles. The van der Waals surface area contributed by atoms with Crippen LogP contribution in [-0.2, 0) is 31.1 Å². The molecular weight excluding hydrogens is 548 g/mol. The van der Waals surface area contributed by atoms with E-state index in [1.165, 1.54) is 10.9 Å². The van der Waals surface area contributed by atoms with Gasteiger partial charge in [-0.05, 0) is 82.0 Å². The molecule has 12 heteroatoms. The van der Waals surface area contributed by atoms with Gasteiger partial charge in [-0.2, -0.15) is 18.3 Å². The third-order valence-corrected chi connectivity index (χ3v) is 9.66. The molecule has 3 aliphatic carbocycles. The molecule has 40 heavy (non-hydrogen) atoms. The van der Waals surface area contributed by atoms with Crippen molar-refractivity contribution in [1.82, 2.24) is 24.2 Å². The zero-order valence-corrected chi connectivity index (χ0v) is 23.8. The molecule has 2 aromatic rings. The summed E-state index contributed by atoms with van der Waals surface area (Å²) in [6, 6.07) is -0.0861. The summed E-state index contributed by atoms with van der Waals surface area (Å²) in [5.41, 5.74) is -0.434. The van der Waals surface area contributed by atoms with Crippen LogP contribution in [0.3, 0.4) is 0 Å². The molecule has 222 valence electrons. The SMILES string of the molecule is CCn1cc(C2CC(Cn3ccn(C)c3=N)CC(C(=O)N[C@@H](C3CC3)C3CCC(F)C(Cl)C3)C2)c(C(F)(F)F)n1. The molecule has 0 aromatic carbocycles. The Morgan fingerprint density at radius 3 is 2.48 bits per heavy atom. The summed E-state index contributed by atoms with van der Waals surface area (Å²) in [6.45, 7) is 2.51. The number of hydrogen-bond acceptors (Lipinski definition) is 3. The number of halogens is 5. The first kappa shape index (κ1) is 29.2. The quantitative estimate of drug-likeness (QED) is 0.322. The normalized spacial score (nSPS) is 30.3. The average Bonchev–Trinajstić information content (AvgIpc) is 3.57. The smallest absolute Gasteiger partial charge is 0.353 e. The van der Waals surface area contributed by atoms with Crippen LogP contribution in [0.25, 0.3) is 0 Å². The maximum atomic E-state index is 14.1. The largest absolute Gasteiger partial charge is 0.435 e. The van der Waals surface area contributed by atoms with Gasteiger partial charge in [0.1, 0.15) is 6.17 Å². The first-order valence-electron chi connectivity index (χ1n) is 14.4. The zero-order chi connectivity index (χ0) is 28.8. The van der Waals surface area contributed by atoms with Gasteiger partial charge in [0.25, 0.3) is 0 Å². The molecule has 3 saturated carbocycles. The van der Waals surface area contributed by atoms with E-state index in [-0.39, 0.29) is 29.3 Å². The van der Waals surface area contributed by atoms with E-state index in [2.05, 4.69) is 10.4 Å². The van der Waals surface area contributed by atoms with Crippen molar-refractivity contribution >= 4 is 17.5 Å². The summed E-state index contributed by atoms with van der Waals surface area (Å²) < 4.78 is 60.9. The number of carbonyl (C=O) groups is 1. The highest BCUT2D eigenvalue weighted by Gasteiger charge is 2.45. The first-order chi connectivity index (χ1) is 18.9. The van der Waals surface area contributed by atoms with Gasteiger partial charge in [-0.15, -0.1) is 11.6 Å². The highest BCUT2D eigenvalue weighted by molar-refractivity contribution is 6.21. The first-order valence-corrected chi connectivity index (χ1v) is 14.9. The zero-order valence-electron chi connectivity index (χ0n) is 23.0. The fourth-order valence-electron chi connectivity index (χ4n) is 6.91. The summed E-state index contributed by atoms with van der Waals surface area (Å²) in [4.78, 5) is 13.8. The van der Waals surface area contributed by atoms with Crippen molar-refractivity contribution in [2.24, 2.45) is 30.7 Å². The molecule has 2 aromatic heterocycles. The Labute approximate surface area is 236 Å². The third-order valence-electron chi connectivity index (χ3n) is 9.21. The van der Waals surface area contributed by atoms with Gasteiger partial charge in [-0.1, -0.05) is 0 Å². The van der Waals surface area contributed by atoms with Crippen molar-refractivity contribution in [1.29, 1.82) is 5.41 Å². The molecule has 0 bridgehead atoms. The standard InChI is InChI=1S/C28H39ClF4N6O/c1-3-39-15-21(25(36-39)28(31,32)33)19-10-16(14-38-9-8-37(2)27(38)34)11-20(12-19)26(40)35-24(17-4-5-17)18-6-7-23(30)22(29)13-18/h8-9,15-20,22-24,34H,3-7,10-14H2,1-2H3,(H,35,40)/t16?,18?,19?,20?,22?,23?,24-/m0/s1. The lowest BCUT2D eigenvalue weighted by atomic mass is 9.72. The number of amides is 1. The van der Waals surface area contributed by atoms with Crippen molar-refractivity contribution in [3.8, 4) is 0 Å². The Hall–Kier alpha value is -2.30. The molecule has 3 fully saturated rings. The van der Waals surface area contributed by atoms with Crippen LogP contribution >= 0.6 is 11.6 Å². The van der Waals surface area contributed by atoms with Gasteiger partial charge in [0.15, 0.2) is 5.69 Å². The Morgan fingerprint density at radius 2 is 1.88 bits per heavy atom. The summed E-state index contributed by atoms with van der Waals surface area (Å²) in [5.74, 6) is -0.746. The van der Waals surface area contributed by atoms with E-state index in [4.69, 9.17) is 17.0 Å². The fourth-order valence-corrected chi connectivity index (χ4v) is 7.27. The summed E-state index contributed by atoms with van der Waals surface area (Å²) in [7, 11) is 1.77. The maximum Gasteiger partial charge on any atom is 0.435 e. The number of alkyl halides is 5. The molecule has 0 spiro atoms. The Balaban J connectivity index is 1.39. The Kier molecular flexibility index (Phi) is 8.42. The second kappa shape index (κ2) is 11.5. The van der Waals surface area contributed by atoms with Gasteiger partial charge in [0, 0.05) is 56.3 Å². The average molecular weight is 587 g/mol. The lowest BCUT2D eigenvalue weighted by Crippen LogP contribution is -2.48. The summed E-state index contributed by atoms with van der Waals surface area (Å²) in [6.07, 6.45) is 4.33. The molecule has 0 radical (unpaired) electrons. The number of carbonyl (C=O) groups excluding carboxylic acids is 1. The molecule has 0 saturated heterocycles. The van der Waals surface area contributed by atoms with Gasteiger partial charge < -0.3 is 14.5 Å². The molecule has 2 heterocycles.